The number of benzene rings is 2. The van der Waals surface area contributed by atoms with Crippen molar-refractivity contribution in [3.63, 3.8) is 0 Å². The predicted octanol–water partition coefficient (Wildman–Crippen LogP) is 1.62. The Labute approximate surface area is 137 Å². The Morgan fingerprint density at radius 3 is 2.46 bits per heavy atom. The van der Waals surface area contributed by atoms with Gasteiger partial charge in [0, 0.05) is 24.0 Å². The number of hydrogen-bond donors (Lipinski definition) is 2. The number of fused-ring (bicyclic) bond motifs is 1. The zero-order valence-corrected chi connectivity index (χ0v) is 12.7. The Hall–Kier alpha value is -3.66. The van der Waals surface area contributed by atoms with Gasteiger partial charge in [0.2, 0.25) is 0 Å². The maximum absolute atomic E-state index is 12.2. The molecule has 1 aliphatic rings. The van der Waals surface area contributed by atoms with Gasteiger partial charge in [0.1, 0.15) is 0 Å². The van der Waals surface area contributed by atoms with E-state index in [1.165, 1.54) is 43.4 Å². The van der Waals surface area contributed by atoms with Crippen LogP contribution in [0.5, 0.6) is 0 Å². The van der Waals surface area contributed by atoms with Crippen molar-refractivity contribution in [1.82, 2.24) is 4.90 Å². The molecule has 0 unspecified atom stereocenters. The van der Waals surface area contributed by atoms with E-state index in [4.69, 9.17) is 11.0 Å². The second-order valence-corrected chi connectivity index (χ2v) is 5.30. The zero-order chi connectivity index (χ0) is 17.4. The summed E-state index contributed by atoms with van der Waals surface area (Å²) in [4.78, 5) is 37.2. The number of nitrogens with zero attached hydrogens (tertiary/aromatic N) is 2. The molecule has 3 amide bonds. The lowest BCUT2D eigenvalue weighted by atomic mass is 10.1. The first-order chi connectivity index (χ1) is 11.4. The van der Waals surface area contributed by atoms with E-state index in [9.17, 15) is 14.4 Å². The quantitative estimate of drug-likeness (QED) is 0.644. The number of imide groups is 1. The van der Waals surface area contributed by atoms with E-state index in [0.717, 1.165) is 4.90 Å². The van der Waals surface area contributed by atoms with E-state index < -0.39 is 17.7 Å². The van der Waals surface area contributed by atoms with Crippen LogP contribution in [0.2, 0.25) is 0 Å². The molecule has 0 saturated carbocycles. The van der Waals surface area contributed by atoms with Gasteiger partial charge in [0.05, 0.1) is 22.8 Å². The third kappa shape index (κ3) is 2.36. The molecular formula is C17H12N4O3. The Kier molecular flexibility index (Phi) is 3.50. The molecule has 0 bridgehead atoms. The van der Waals surface area contributed by atoms with Crippen molar-refractivity contribution < 1.29 is 14.4 Å². The molecule has 3 N–H and O–H groups in total. The predicted molar refractivity (Wildman–Crippen MR) is 86.4 cm³/mol. The summed E-state index contributed by atoms with van der Waals surface area (Å²) in [5.41, 5.74) is 7.41. The average molecular weight is 320 g/mol. The molecule has 0 aliphatic carbocycles. The lowest BCUT2D eigenvalue weighted by Gasteiger charge is -2.08. The van der Waals surface area contributed by atoms with Crippen molar-refractivity contribution >= 4 is 29.1 Å². The highest BCUT2D eigenvalue weighted by atomic mass is 16.2. The van der Waals surface area contributed by atoms with Gasteiger partial charge in [-0.3, -0.25) is 19.3 Å². The van der Waals surface area contributed by atoms with Crippen LogP contribution in [0.25, 0.3) is 0 Å². The molecule has 24 heavy (non-hydrogen) atoms. The largest absolute Gasteiger partial charge is 0.398 e. The molecule has 3 rings (SSSR count). The van der Waals surface area contributed by atoms with Gasteiger partial charge in [-0.15, -0.1) is 0 Å². The van der Waals surface area contributed by atoms with E-state index >= 15 is 0 Å². The summed E-state index contributed by atoms with van der Waals surface area (Å²) in [6, 6.07) is 10.9. The Balaban J connectivity index is 1.90. The fourth-order valence-electron chi connectivity index (χ4n) is 2.48. The van der Waals surface area contributed by atoms with Crippen LogP contribution >= 0.6 is 0 Å². The Morgan fingerprint density at radius 2 is 1.83 bits per heavy atom. The molecule has 118 valence electrons. The van der Waals surface area contributed by atoms with E-state index in [0.29, 0.717) is 16.8 Å². The van der Waals surface area contributed by atoms with Gasteiger partial charge in [-0.1, -0.05) is 0 Å². The molecule has 0 spiro atoms. The molecule has 2 aromatic carbocycles. The van der Waals surface area contributed by atoms with Gasteiger partial charge in [-0.2, -0.15) is 5.26 Å². The van der Waals surface area contributed by atoms with E-state index in [1.54, 1.807) is 0 Å². The first-order valence-corrected chi connectivity index (χ1v) is 7.00. The van der Waals surface area contributed by atoms with Crippen LogP contribution in [0.1, 0.15) is 36.6 Å². The SMILES string of the molecule is CN1C(=O)c2cc(NC(=O)c3ccc(C#N)cc3)cc(N)c2C1=O. The Morgan fingerprint density at radius 1 is 1.17 bits per heavy atom. The number of nitriles is 1. The number of rotatable bonds is 2. The first-order valence-electron chi connectivity index (χ1n) is 7.00. The fourth-order valence-corrected chi connectivity index (χ4v) is 2.48. The minimum absolute atomic E-state index is 0.130. The molecule has 1 aliphatic heterocycles. The topological polar surface area (TPSA) is 116 Å². The van der Waals surface area contributed by atoms with Gasteiger partial charge in [-0.25, -0.2) is 0 Å². The lowest BCUT2D eigenvalue weighted by Crippen LogP contribution is -2.24. The lowest BCUT2D eigenvalue weighted by molar-refractivity contribution is 0.0693. The average Bonchev–Trinajstić information content (AvgIpc) is 2.79. The van der Waals surface area contributed by atoms with E-state index in [1.807, 2.05) is 6.07 Å². The third-order valence-electron chi connectivity index (χ3n) is 3.76. The van der Waals surface area contributed by atoms with Crippen LogP contribution in [-0.2, 0) is 0 Å². The Bertz CT molecular complexity index is 926. The van der Waals surface area contributed by atoms with Gasteiger partial charge in [0.25, 0.3) is 17.7 Å². The fraction of sp³-hybridized carbons (Fsp3) is 0.0588. The summed E-state index contributed by atoms with van der Waals surface area (Å²) in [5, 5.41) is 11.4. The normalized spacial score (nSPS) is 12.8. The summed E-state index contributed by atoms with van der Waals surface area (Å²) in [6.07, 6.45) is 0. The first kappa shape index (κ1) is 15.2. The molecule has 0 fully saturated rings. The van der Waals surface area contributed by atoms with Gasteiger partial charge in [-0.05, 0) is 36.4 Å². The van der Waals surface area contributed by atoms with Crippen LogP contribution in [0, 0.1) is 11.3 Å². The van der Waals surface area contributed by atoms with Crippen molar-refractivity contribution in [2.45, 2.75) is 0 Å². The second kappa shape index (κ2) is 5.52. The summed E-state index contributed by atoms with van der Waals surface area (Å²) >= 11 is 0. The van der Waals surface area contributed by atoms with Crippen LogP contribution < -0.4 is 11.1 Å². The molecule has 7 heteroatoms. The summed E-state index contributed by atoms with van der Waals surface area (Å²) in [5.74, 6) is -1.34. The molecule has 2 aromatic rings. The van der Waals surface area contributed by atoms with Crippen molar-refractivity contribution in [1.29, 1.82) is 5.26 Å². The second-order valence-electron chi connectivity index (χ2n) is 5.30. The third-order valence-corrected chi connectivity index (χ3v) is 3.76. The van der Waals surface area contributed by atoms with Crippen molar-refractivity contribution in [2.24, 2.45) is 0 Å². The van der Waals surface area contributed by atoms with E-state index in [2.05, 4.69) is 5.32 Å². The maximum atomic E-state index is 12.2. The van der Waals surface area contributed by atoms with Crippen LogP contribution in [-0.4, -0.2) is 29.7 Å². The number of hydrogen-bond acceptors (Lipinski definition) is 5. The monoisotopic (exact) mass is 320 g/mol. The van der Waals surface area contributed by atoms with Gasteiger partial charge >= 0.3 is 0 Å². The number of nitrogen functional groups attached to an aromatic ring is 1. The molecule has 7 nitrogen and oxygen atoms in total. The van der Waals surface area contributed by atoms with Crippen molar-refractivity contribution in [3.05, 3.63) is 58.7 Å². The number of anilines is 2. The van der Waals surface area contributed by atoms with Crippen molar-refractivity contribution in [3.8, 4) is 6.07 Å². The maximum Gasteiger partial charge on any atom is 0.263 e. The molecule has 0 aromatic heterocycles. The molecule has 0 saturated heterocycles. The summed E-state index contributed by atoms with van der Waals surface area (Å²) in [7, 11) is 1.37. The van der Waals surface area contributed by atoms with Crippen LogP contribution in [0.15, 0.2) is 36.4 Å². The molecular weight excluding hydrogens is 308 g/mol. The molecule has 1 heterocycles. The minimum Gasteiger partial charge on any atom is -0.398 e. The number of nitrogens with one attached hydrogen (secondary N) is 1. The number of amides is 3. The van der Waals surface area contributed by atoms with Crippen molar-refractivity contribution in [2.75, 3.05) is 18.1 Å². The number of carbonyl (C=O) groups is 3. The zero-order valence-electron chi connectivity index (χ0n) is 12.7. The van der Waals surface area contributed by atoms with E-state index in [-0.39, 0.29) is 16.8 Å². The summed E-state index contributed by atoms with van der Waals surface area (Å²) in [6.45, 7) is 0. The highest BCUT2D eigenvalue weighted by molar-refractivity contribution is 6.24. The van der Waals surface area contributed by atoms with Gasteiger partial charge in [0.15, 0.2) is 0 Å². The van der Waals surface area contributed by atoms with Gasteiger partial charge < -0.3 is 11.1 Å². The minimum atomic E-state index is -0.462. The van der Waals surface area contributed by atoms with Crippen LogP contribution in [0.3, 0.4) is 0 Å². The van der Waals surface area contributed by atoms with Crippen LogP contribution in [0.4, 0.5) is 11.4 Å². The number of nitrogens with two attached hydrogens (primary N) is 1. The smallest absolute Gasteiger partial charge is 0.263 e. The highest BCUT2D eigenvalue weighted by Crippen LogP contribution is 2.30. The summed E-state index contributed by atoms with van der Waals surface area (Å²) < 4.78 is 0. The molecule has 0 radical (unpaired) electrons. The molecule has 0 atom stereocenters. The number of carbonyl (C=O) groups excluding carboxylic acids is 3. The highest BCUT2D eigenvalue weighted by Gasteiger charge is 2.35. The standard InChI is InChI=1S/C17H12N4O3/c1-21-16(23)12-6-11(7-13(19)14(12)17(21)24)20-15(22)10-4-2-9(8-18)3-5-10/h2-7H,19H2,1H3,(H,20,22).